The average Bonchev–Trinajstić information content (AvgIpc) is 3.11. The number of methoxy groups -OCH3 is 1. The minimum absolute atomic E-state index is 0.340. The number of fused-ring (bicyclic) bond motifs is 1. The summed E-state index contributed by atoms with van der Waals surface area (Å²) in [5.41, 5.74) is 3.74. The van der Waals surface area contributed by atoms with Gasteiger partial charge in [-0.3, -0.25) is 9.69 Å². The van der Waals surface area contributed by atoms with Gasteiger partial charge in [-0.15, -0.1) is 0 Å². The Bertz CT molecular complexity index is 1120. The summed E-state index contributed by atoms with van der Waals surface area (Å²) in [5, 5.41) is 13.7. The third kappa shape index (κ3) is 4.07. The lowest BCUT2D eigenvalue weighted by molar-refractivity contribution is -0.141. The van der Waals surface area contributed by atoms with Gasteiger partial charge in [0.15, 0.2) is 11.7 Å². The molecule has 2 aromatic heterocycles. The molecule has 9 heteroatoms. The number of carbonyl (C=O) groups is 1. The molecule has 31 heavy (non-hydrogen) atoms. The molecule has 1 aliphatic rings. The fourth-order valence-corrected chi connectivity index (χ4v) is 3.84. The molecule has 1 fully saturated rings. The Morgan fingerprint density at radius 1 is 1.19 bits per heavy atom. The number of piperazine rings is 1. The molecule has 4 rings (SSSR count). The molecule has 0 unspecified atom stereocenters. The van der Waals surface area contributed by atoms with E-state index in [1.54, 1.807) is 0 Å². The summed E-state index contributed by atoms with van der Waals surface area (Å²) < 4.78 is 10.1. The normalized spacial score (nSPS) is 15.6. The van der Waals surface area contributed by atoms with Crippen molar-refractivity contribution in [3.8, 4) is 6.07 Å². The summed E-state index contributed by atoms with van der Waals surface area (Å²) in [6.07, 6.45) is 0. The minimum Gasteiger partial charge on any atom is -0.468 e. The van der Waals surface area contributed by atoms with E-state index in [4.69, 9.17) is 14.2 Å². The first-order chi connectivity index (χ1) is 15.0. The zero-order chi connectivity index (χ0) is 22.0. The summed E-state index contributed by atoms with van der Waals surface area (Å²) >= 11 is 0. The first-order valence-corrected chi connectivity index (χ1v) is 10.1. The summed E-state index contributed by atoms with van der Waals surface area (Å²) in [4.78, 5) is 26.1. The van der Waals surface area contributed by atoms with Gasteiger partial charge < -0.3 is 14.2 Å². The lowest BCUT2D eigenvalue weighted by Crippen LogP contribution is -2.47. The van der Waals surface area contributed by atoms with Crippen LogP contribution in [0.25, 0.3) is 11.0 Å². The van der Waals surface area contributed by atoms with Gasteiger partial charge in [0.1, 0.15) is 11.5 Å². The number of nitriles is 1. The van der Waals surface area contributed by atoms with Crippen LogP contribution in [-0.4, -0.2) is 59.3 Å². The maximum absolute atomic E-state index is 12.3. The number of ether oxygens (including phenoxy) is 1. The number of nitrogens with zero attached hydrogens (tertiary/aromatic N) is 6. The number of aryl methyl sites for hydroxylation is 2. The van der Waals surface area contributed by atoms with Crippen LogP contribution in [-0.2, 0) is 16.1 Å². The Labute approximate surface area is 180 Å². The number of para-hydroxylation sites is 2. The number of esters is 1. The molecule has 0 saturated carbocycles. The Morgan fingerprint density at radius 3 is 2.45 bits per heavy atom. The highest BCUT2D eigenvalue weighted by atomic mass is 16.5. The lowest BCUT2D eigenvalue weighted by Gasteiger charge is -2.36. The van der Waals surface area contributed by atoms with Gasteiger partial charge in [0.05, 0.1) is 29.9 Å². The molecule has 0 N–H and O–H groups in total. The third-order valence-corrected chi connectivity index (χ3v) is 5.65. The van der Waals surface area contributed by atoms with E-state index < -0.39 is 11.9 Å². The Hall–Kier alpha value is -3.51. The van der Waals surface area contributed by atoms with Gasteiger partial charge in [0.2, 0.25) is 0 Å². The predicted octanol–water partition coefficient (Wildman–Crippen LogP) is 2.34. The molecule has 1 atom stereocenters. The zero-order valence-electron chi connectivity index (χ0n) is 17.8. The Balaban J connectivity index is 1.61. The molecule has 9 nitrogen and oxygen atoms in total. The average molecular weight is 420 g/mol. The number of benzene rings is 1. The summed E-state index contributed by atoms with van der Waals surface area (Å²) in [6.45, 7) is 7.64. The second-order valence-corrected chi connectivity index (χ2v) is 7.57. The maximum Gasteiger partial charge on any atom is 0.329 e. The number of aromatic nitrogens is 3. The van der Waals surface area contributed by atoms with Gasteiger partial charge in [-0.1, -0.05) is 17.3 Å². The van der Waals surface area contributed by atoms with E-state index in [-0.39, 0.29) is 0 Å². The Kier molecular flexibility index (Phi) is 5.82. The summed E-state index contributed by atoms with van der Waals surface area (Å²) in [7, 11) is 1.27. The molecule has 3 aromatic rings. The molecule has 160 valence electrons. The Morgan fingerprint density at radius 2 is 1.87 bits per heavy atom. The first kappa shape index (κ1) is 20.8. The maximum atomic E-state index is 12.3. The second kappa shape index (κ2) is 8.70. The monoisotopic (exact) mass is 420 g/mol. The highest BCUT2D eigenvalue weighted by molar-refractivity contribution is 5.85. The van der Waals surface area contributed by atoms with Crippen LogP contribution in [0.5, 0.6) is 0 Å². The van der Waals surface area contributed by atoms with Gasteiger partial charge in [-0.05, 0) is 26.0 Å². The van der Waals surface area contributed by atoms with Gasteiger partial charge >= 0.3 is 5.97 Å². The largest absolute Gasteiger partial charge is 0.468 e. The van der Waals surface area contributed by atoms with Crippen molar-refractivity contribution in [2.24, 2.45) is 0 Å². The van der Waals surface area contributed by atoms with Crippen molar-refractivity contribution < 1.29 is 14.1 Å². The smallest absolute Gasteiger partial charge is 0.329 e. The van der Waals surface area contributed by atoms with E-state index in [0.29, 0.717) is 30.1 Å². The number of hydrogen-bond acceptors (Lipinski definition) is 9. The summed E-state index contributed by atoms with van der Waals surface area (Å²) in [5.74, 6) is -0.354. The van der Waals surface area contributed by atoms with Gasteiger partial charge in [-0.25, -0.2) is 9.97 Å². The van der Waals surface area contributed by atoms with Crippen LogP contribution in [0.4, 0.5) is 5.82 Å². The van der Waals surface area contributed by atoms with Crippen LogP contribution in [0.3, 0.4) is 0 Å². The van der Waals surface area contributed by atoms with Crippen LogP contribution in [0.1, 0.15) is 28.6 Å². The van der Waals surface area contributed by atoms with E-state index in [1.807, 2.05) is 44.2 Å². The van der Waals surface area contributed by atoms with E-state index in [9.17, 15) is 10.1 Å². The number of rotatable bonds is 5. The van der Waals surface area contributed by atoms with Crippen LogP contribution in [0.2, 0.25) is 0 Å². The highest BCUT2D eigenvalue weighted by Gasteiger charge is 2.31. The predicted molar refractivity (Wildman–Crippen MR) is 113 cm³/mol. The van der Waals surface area contributed by atoms with Crippen molar-refractivity contribution in [2.75, 3.05) is 38.2 Å². The number of anilines is 1. The molecule has 1 aliphatic heterocycles. The molecule has 1 saturated heterocycles. The molecule has 0 amide bonds. The number of hydrogen-bond donors (Lipinski definition) is 0. The quantitative estimate of drug-likeness (QED) is 0.575. The van der Waals surface area contributed by atoms with Crippen molar-refractivity contribution in [2.45, 2.75) is 26.3 Å². The fourth-order valence-electron chi connectivity index (χ4n) is 3.84. The van der Waals surface area contributed by atoms with Crippen molar-refractivity contribution >= 4 is 22.8 Å². The van der Waals surface area contributed by atoms with E-state index in [0.717, 1.165) is 42.2 Å². The first-order valence-electron chi connectivity index (χ1n) is 10.1. The standard InChI is InChI=1S/C22H24N6O3/c1-14-17(15(2)31-26-14)13-27-8-10-28(11-9-27)21-20(16(12-23)22(29)30-3)24-18-6-4-5-7-19(18)25-21/h4-7,16H,8-11,13H2,1-3H3/t16-/m0/s1. The topological polar surface area (TPSA) is 108 Å². The van der Waals surface area contributed by atoms with Crippen LogP contribution < -0.4 is 4.90 Å². The molecule has 0 spiro atoms. The SMILES string of the molecule is COC(=O)[C@@H](C#N)c1nc2ccccc2nc1N1CCN(Cc2c(C)noc2C)CC1. The highest BCUT2D eigenvalue weighted by Crippen LogP contribution is 2.29. The summed E-state index contributed by atoms with van der Waals surface area (Å²) in [6, 6.07) is 9.48. The molecular weight excluding hydrogens is 396 g/mol. The van der Waals surface area contributed by atoms with E-state index in [2.05, 4.69) is 19.9 Å². The molecule has 3 heterocycles. The van der Waals surface area contributed by atoms with E-state index >= 15 is 0 Å². The minimum atomic E-state index is -1.13. The number of carbonyl (C=O) groups excluding carboxylic acids is 1. The third-order valence-electron chi connectivity index (χ3n) is 5.65. The second-order valence-electron chi connectivity index (χ2n) is 7.57. The van der Waals surface area contributed by atoms with Crippen molar-refractivity contribution in [1.82, 2.24) is 20.0 Å². The fraction of sp³-hybridized carbons (Fsp3) is 0.409. The van der Waals surface area contributed by atoms with Crippen LogP contribution >= 0.6 is 0 Å². The van der Waals surface area contributed by atoms with Gasteiger partial charge in [0.25, 0.3) is 0 Å². The van der Waals surface area contributed by atoms with E-state index in [1.165, 1.54) is 7.11 Å². The molecule has 0 radical (unpaired) electrons. The van der Waals surface area contributed by atoms with Crippen molar-refractivity contribution in [1.29, 1.82) is 5.26 Å². The molecule has 0 aliphatic carbocycles. The van der Waals surface area contributed by atoms with Gasteiger partial charge in [0, 0.05) is 38.3 Å². The van der Waals surface area contributed by atoms with Crippen LogP contribution in [0.15, 0.2) is 28.8 Å². The van der Waals surface area contributed by atoms with Crippen LogP contribution in [0, 0.1) is 25.2 Å². The molecule has 0 bridgehead atoms. The molecule has 1 aromatic carbocycles. The van der Waals surface area contributed by atoms with Crippen molar-refractivity contribution in [3.63, 3.8) is 0 Å². The van der Waals surface area contributed by atoms with Crippen molar-refractivity contribution in [3.05, 3.63) is 47.0 Å². The molecular formula is C22H24N6O3. The van der Waals surface area contributed by atoms with Gasteiger partial charge in [-0.2, -0.15) is 5.26 Å². The zero-order valence-corrected chi connectivity index (χ0v) is 17.8. The lowest BCUT2D eigenvalue weighted by atomic mass is 10.1.